The van der Waals surface area contributed by atoms with Crippen molar-refractivity contribution in [2.75, 3.05) is 13.2 Å². The Kier molecular flexibility index (Phi) is 3.68. The molecule has 6 heteroatoms. The van der Waals surface area contributed by atoms with Crippen molar-refractivity contribution in [2.24, 2.45) is 0 Å². The summed E-state index contributed by atoms with van der Waals surface area (Å²) in [5, 5.41) is 7.75. The SMILES string of the molecule is Clc1cc(COC2CCCc3cn[nH]c32)cc2c1OCCO2. The van der Waals surface area contributed by atoms with Crippen LogP contribution in [0, 0.1) is 0 Å². The maximum Gasteiger partial charge on any atom is 0.179 e. The number of ether oxygens (including phenoxy) is 3. The van der Waals surface area contributed by atoms with Crippen LogP contribution >= 0.6 is 11.6 Å². The van der Waals surface area contributed by atoms with Crippen molar-refractivity contribution in [3.63, 3.8) is 0 Å². The van der Waals surface area contributed by atoms with Crippen molar-refractivity contribution in [3.8, 4) is 11.5 Å². The van der Waals surface area contributed by atoms with E-state index >= 15 is 0 Å². The number of rotatable bonds is 3. The van der Waals surface area contributed by atoms with Crippen LogP contribution in [0.5, 0.6) is 11.5 Å². The minimum absolute atomic E-state index is 0.0678. The van der Waals surface area contributed by atoms with Crippen molar-refractivity contribution in [1.29, 1.82) is 0 Å². The van der Waals surface area contributed by atoms with Crippen LogP contribution < -0.4 is 9.47 Å². The van der Waals surface area contributed by atoms with Crippen LogP contribution in [0.25, 0.3) is 0 Å². The van der Waals surface area contributed by atoms with E-state index in [1.54, 1.807) is 0 Å². The highest BCUT2D eigenvalue weighted by molar-refractivity contribution is 6.32. The van der Waals surface area contributed by atoms with Crippen LogP contribution in [0.3, 0.4) is 0 Å². The number of nitrogens with one attached hydrogen (secondary N) is 1. The van der Waals surface area contributed by atoms with Crippen LogP contribution in [0.1, 0.15) is 35.8 Å². The van der Waals surface area contributed by atoms with Gasteiger partial charge in [-0.25, -0.2) is 0 Å². The number of benzene rings is 1. The largest absolute Gasteiger partial charge is 0.486 e. The van der Waals surface area contributed by atoms with E-state index in [-0.39, 0.29) is 6.10 Å². The average Bonchev–Trinajstić information content (AvgIpc) is 3.02. The zero-order valence-electron chi connectivity index (χ0n) is 12.1. The molecule has 1 aromatic heterocycles. The topological polar surface area (TPSA) is 56.4 Å². The second-order valence-electron chi connectivity index (χ2n) is 5.60. The van der Waals surface area contributed by atoms with Crippen LogP contribution in [0.4, 0.5) is 0 Å². The lowest BCUT2D eigenvalue weighted by Crippen LogP contribution is -2.16. The molecular weight excluding hydrogens is 304 g/mol. The summed E-state index contributed by atoms with van der Waals surface area (Å²) in [6, 6.07) is 3.82. The van der Waals surface area contributed by atoms with Gasteiger partial charge in [-0.2, -0.15) is 5.10 Å². The molecule has 5 nitrogen and oxygen atoms in total. The van der Waals surface area contributed by atoms with Gasteiger partial charge < -0.3 is 14.2 Å². The number of aromatic amines is 1. The number of H-pyrrole nitrogens is 1. The van der Waals surface area contributed by atoms with E-state index in [2.05, 4.69) is 10.2 Å². The fraction of sp³-hybridized carbons (Fsp3) is 0.438. The summed E-state index contributed by atoms with van der Waals surface area (Å²) in [6.07, 6.45) is 5.16. The monoisotopic (exact) mass is 320 g/mol. The third-order valence-corrected chi connectivity index (χ3v) is 4.37. The predicted molar refractivity (Wildman–Crippen MR) is 81.5 cm³/mol. The molecule has 1 aromatic carbocycles. The maximum atomic E-state index is 6.26. The third kappa shape index (κ3) is 2.55. The normalized spacial score (nSPS) is 19.8. The third-order valence-electron chi connectivity index (χ3n) is 4.09. The van der Waals surface area contributed by atoms with Gasteiger partial charge in [-0.1, -0.05) is 11.6 Å². The number of aromatic nitrogens is 2. The number of fused-ring (bicyclic) bond motifs is 2. The molecule has 2 heterocycles. The molecule has 1 unspecified atom stereocenters. The Morgan fingerprint density at radius 1 is 1.32 bits per heavy atom. The second kappa shape index (κ2) is 5.82. The number of nitrogens with zero attached hydrogens (tertiary/aromatic N) is 1. The van der Waals surface area contributed by atoms with Gasteiger partial charge in [0.2, 0.25) is 0 Å². The van der Waals surface area contributed by atoms with Gasteiger partial charge in [-0.15, -0.1) is 0 Å². The molecule has 0 saturated heterocycles. The molecular formula is C16H17ClN2O3. The second-order valence-corrected chi connectivity index (χ2v) is 6.01. The van der Waals surface area contributed by atoms with E-state index in [1.165, 1.54) is 5.56 Å². The summed E-state index contributed by atoms with van der Waals surface area (Å²) in [5.41, 5.74) is 3.35. The van der Waals surface area contributed by atoms with Crippen molar-refractivity contribution in [3.05, 3.63) is 40.2 Å². The smallest absolute Gasteiger partial charge is 0.179 e. The molecule has 2 aromatic rings. The predicted octanol–water partition coefficient (Wildman–Crippen LogP) is 3.43. The first-order valence-electron chi connectivity index (χ1n) is 7.53. The Morgan fingerprint density at radius 3 is 3.18 bits per heavy atom. The van der Waals surface area contributed by atoms with Crippen molar-refractivity contribution in [1.82, 2.24) is 10.2 Å². The minimum Gasteiger partial charge on any atom is -0.486 e. The van der Waals surface area contributed by atoms with Gasteiger partial charge in [0.25, 0.3) is 0 Å². The number of hydrogen-bond acceptors (Lipinski definition) is 4. The summed E-state index contributed by atoms with van der Waals surface area (Å²) in [4.78, 5) is 0. The molecule has 1 atom stereocenters. The maximum absolute atomic E-state index is 6.26. The highest BCUT2D eigenvalue weighted by Gasteiger charge is 2.23. The number of aryl methyl sites for hydroxylation is 1. The Morgan fingerprint density at radius 2 is 2.23 bits per heavy atom. The quantitative estimate of drug-likeness (QED) is 0.941. The fourth-order valence-corrected chi connectivity index (χ4v) is 3.32. The van der Waals surface area contributed by atoms with Crippen LogP contribution in [0.2, 0.25) is 5.02 Å². The lowest BCUT2D eigenvalue weighted by molar-refractivity contribution is 0.0253. The summed E-state index contributed by atoms with van der Waals surface area (Å²) in [7, 11) is 0. The molecule has 0 fully saturated rings. The van der Waals surface area contributed by atoms with E-state index < -0.39 is 0 Å². The highest BCUT2D eigenvalue weighted by atomic mass is 35.5. The number of halogens is 1. The summed E-state index contributed by atoms with van der Waals surface area (Å²) in [6.45, 7) is 1.57. The Balaban J connectivity index is 1.50. The summed E-state index contributed by atoms with van der Waals surface area (Å²) >= 11 is 6.26. The van der Waals surface area contributed by atoms with Crippen LogP contribution in [-0.2, 0) is 17.8 Å². The van der Waals surface area contributed by atoms with Crippen molar-refractivity contribution >= 4 is 11.6 Å². The van der Waals surface area contributed by atoms with E-state index in [1.807, 2.05) is 18.3 Å². The molecule has 4 rings (SSSR count). The Bertz CT molecular complexity index is 686. The molecule has 2 aliphatic rings. The molecule has 116 valence electrons. The minimum atomic E-state index is 0.0678. The summed E-state index contributed by atoms with van der Waals surface area (Å²) < 4.78 is 17.2. The van der Waals surface area contributed by atoms with Crippen molar-refractivity contribution in [2.45, 2.75) is 32.0 Å². The lowest BCUT2D eigenvalue weighted by atomic mass is 9.96. The molecule has 22 heavy (non-hydrogen) atoms. The Hall–Kier alpha value is -1.72. The molecule has 1 aliphatic carbocycles. The van der Waals surface area contributed by atoms with Crippen LogP contribution in [0.15, 0.2) is 18.3 Å². The average molecular weight is 321 g/mol. The Labute approximate surface area is 133 Å². The van der Waals surface area contributed by atoms with Gasteiger partial charge in [-0.05, 0) is 42.5 Å². The van der Waals surface area contributed by atoms with E-state index in [0.29, 0.717) is 36.3 Å². The van der Waals surface area contributed by atoms with Gasteiger partial charge in [0.05, 0.1) is 29.6 Å². The first-order chi connectivity index (χ1) is 10.8. The molecule has 1 aliphatic heterocycles. The molecule has 0 amide bonds. The molecule has 0 bridgehead atoms. The van der Waals surface area contributed by atoms with E-state index in [9.17, 15) is 0 Å². The zero-order valence-corrected chi connectivity index (χ0v) is 12.9. The number of hydrogen-bond donors (Lipinski definition) is 1. The van der Waals surface area contributed by atoms with E-state index in [0.717, 1.165) is 30.5 Å². The molecule has 1 N–H and O–H groups in total. The molecule has 0 saturated carbocycles. The van der Waals surface area contributed by atoms with Gasteiger partial charge in [-0.3, -0.25) is 5.10 Å². The standard InChI is InChI=1S/C16H17ClN2O3/c17-12-6-10(7-14-16(12)21-5-4-20-14)9-22-13-3-1-2-11-8-18-19-15(11)13/h6-8,13H,1-5,9H2,(H,18,19). The van der Waals surface area contributed by atoms with Gasteiger partial charge in [0.1, 0.15) is 13.2 Å². The van der Waals surface area contributed by atoms with E-state index in [4.69, 9.17) is 25.8 Å². The molecule has 0 radical (unpaired) electrons. The van der Waals surface area contributed by atoms with Gasteiger partial charge in [0.15, 0.2) is 11.5 Å². The van der Waals surface area contributed by atoms with Gasteiger partial charge >= 0.3 is 0 Å². The van der Waals surface area contributed by atoms with Crippen LogP contribution in [-0.4, -0.2) is 23.4 Å². The first-order valence-corrected chi connectivity index (χ1v) is 7.91. The fourth-order valence-electron chi connectivity index (χ4n) is 3.03. The van der Waals surface area contributed by atoms with Crippen molar-refractivity contribution < 1.29 is 14.2 Å². The first kappa shape index (κ1) is 13.9. The zero-order chi connectivity index (χ0) is 14.9. The molecule has 0 spiro atoms. The summed E-state index contributed by atoms with van der Waals surface area (Å²) in [5.74, 6) is 1.33. The highest BCUT2D eigenvalue weighted by Crippen LogP contribution is 2.39. The van der Waals surface area contributed by atoms with Gasteiger partial charge in [0, 0.05) is 0 Å². The lowest BCUT2D eigenvalue weighted by Gasteiger charge is -2.23.